The summed E-state index contributed by atoms with van der Waals surface area (Å²) in [4.78, 5) is 165. The average molecular weight is 1050 g/mol. The predicted molar refractivity (Wildman–Crippen MR) is 252 cm³/mol. The molecule has 6 amide bonds. The fourth-order valence-corrected chi connectivity index (χ4v) is 6.55. The van der Waals surface area contributed by atoms with Crippen LogP contribution in [0.1, 0.15) is 61.0 Å². The lowest BCUT2D eigenvalue weighted by molar-refractivity contribution is -0.144. The van der Waals surface area contributed by atoms with E-state index in [0.29, 0.717) is 11.4 Å². The molecule has 32 nitrogen and oxygen atoms in total. The Morgan fingerprint density at radius 3 is 1.66 bits per heavy atom. The molecule has 0 saturated heterocycles. The molecule has 0 aliphatic heterocycles. The van der Waals surface area contributed by atoms with Gasteiger partial charge in [-0.05, 0) is 50.1 Å². The molecule has 3 aromatic rings. The Morgan fingerprint density at radius 1 is 0.644 bits per heavy atom. The zero-order valence-corrected chi connectivity index (χ0v) is 39.0. The van der Waals surface area contributed by atoms with Crippen molar-refractivity contribution in [3.8, 4) is 0 Å². The van der Waals surface area contributed by atoms with Gasteiger partial charge in [0.05, 0.1) is 37.7 Å². The Labute approximate surface area is 416 Å². The number of fused-ring (bicyclic) bond motifs is 1. The number of aliphatic carboxylic acids is 5. The van der Waals surface area contributed by atoms with Gasteiger partial charge >= 0.3 is 29.8 Å². The number of H-pyrrole nitrogens is 1. The number of hydrogen-bond acceptors (Lipinski definition) is 21. The SMILES string of the molecule is Nc1nc2ncc(CNc3ccc(C(=O)N[C@H](CCC(=O)N[C@@H](CC(=O)O)C(=O)N[C@@H](CCCNC(N)N)C(=O)N[C@@H](CC(=O)O)C(=O)N[C@@H](CC(=O)O)C(=O)N[C@@H](CS)C(=O)O)C(=O)O)cc3)nc2c(=O)[nH]1. The number of aromatic nitrogens is 4. The number of carbonyl (C=O) groups excluding carboxylic acids is 6. The van der Waals surface area contributed by atoms with Crippen molar-refractivity contribution in [2.75, 3.05) is 23.3 Å². The number of aromatic amines is 1. The molecule has 3 rings (SSSR count). The van der Waals surface area contributed by atoms with Gasteiger partial charge in [0.15, 0.2) is 11.2 Å². The fraction of sp³-hybridized carbons (Fsp3) is 0.425. The summed E-state index contributed by atoms with van der Waals surface area (Å²) < 4.78 is 0. The molecule has 0 aliphatic rings. The van der Waals surface area contributed by atoms with E-state index in [9.17, 15) is 83.1 Å². The maximum absolute atomic E-state index is 13.7. The molecule has 0 fully saturated rings. The molecule has 0 aliphatic carbocycles. The summed E-state index contributed by atoms with van der Waals surface area (Å²) in [6.07, 6.45) is -4.77. The first-order chi connectivity index (χ1) is 34.4. The van der Waals surface area contributed by atoms with Gasteiger partial charge in [0.1, 0.15) is 42.5 Å². The van der Waals surface area contributed by atoms with Crippen LogP contribution in [-0.2, 0) is 54.5 Å². The van der Waals surface area contributed by atoms with Crippen LogP contribution >= 0.6 is 12.6 Å². The molecule has 1 aromatic carbocycles. The molecule has 396 valence electrons. The summed E-state index contributed by atoms with van der Waals surface area (Å²) in [5.74, 6) is -16.0. The Kier molecular flexibility index (Phi) is 22.8. The highest BCUT2D eigenvalue weighted by atomic mass is 32.1. The summed E-state index contributed by atoms with van der Waals surface area (Å²) in [7, 11) is 0. The smallest absolute Gasteiger partial charge is 0.327 e. The largest absolute Gasteiger partial charge is 0.481 e. The third kappa shape index (κ3) is 20.0. The van der Waals surface area contributed by atoms with Crippen LogP contribution in [0.5, 0.6) is 0 Å². The Bertz CT molecular complexity index is 2600. The van der Waals surface area contributed by atoms with E-state index in [0.717, 1.165) is 0 Å². The normalized spacial score (nSPS) is 13.4. The van der Waals surface area contributed by atoms with Crippen molar-refractivity contribution >= 4 is 101 Å². The van der Waals surface area contributed by atoms with Crippen LogP contribution in [0.3, 0.4) is 0 Å². The zero-order chi connectivity index (χ0) is 54.5. The second-order valence-corrected chi connectivity index (χ2v) is 16.0. The molecule has 0 bridgehead atoms. The second-order valence-electron chi connectivity index (χ2n) is 15.6. The number of amides is 6. The fourth-order valence-electron chi connectivity index (χ4n) is 6.30. The predicted octanol–water partition coefficient (Wildman–Crippen LogP) is -5.70. The highest BCUT2D eigenvalue weighted by Crippen LogP contribution is 2.13. The van der Waals surface area contributed by atoms with Gasteiger partial charge in [0.25, 0.3) is 11.5 Å². The quantitative estimate of drug-likeness (QED) is 0.0162. The third-order valence-electron chi connectivity index (χ3n) is 9.90. The van der Waals surface area contributed by atoms with Gasteiger partial charge in [0.2, 0.25) is 35.5 Å². The van der Waals surface area contributed by atoms with Gasteiger partial charge in [-0.25, -0.2) is 19.6 Å². The number of nitrogens with one attached hydrogen (secondary N) is 9. The maximum atomic E-state index is 13.7. The summed E-state index contributed by atoms with van der Waals surface area (Å²) >= 11 is 3.79. The summed E-state index contributed by atoms with van der Waals surface area (Å²) in [5.41, 5.74) is 16.7. The van der Waals surface area contributed by atoms with Crippen LogP contribution in [0.4, 0.5) is 11.6 Å². The first-order valence-corrected chi connectivity index (χ1v) is 22.1. The van der Waals surface area contributed by atoms with Gasteiger partial charge in [-0.2, -0.15) is 17.6 Å². The highest BCUT2D eigenvalue weighted by Gasteiger charge is 2.35. The van der Waals surface area contributed by atoms with Crippen LogP contribution in [0.25, 0.3) is 11.2 Å². The van der Waals surface area contributed by atoms with E-state index in [1.807, 2.05) is 10.6 Å². The van der Waals surface area contributed by atoms with E-state index in [2.05, 4.69) is 64.5 Å². The van der Waals surface area contributed by atoms with Gasteiger partial charge in [0, 0.05) is 23.4 Å². The molecular weight excluding hydrogens is 995 g/mol. The van der Waals surface area contributed by atoms with Crippen molar-refractivity contribution in [2.45, 2.75) is 94.0 Å². The number of nitrogen functional groups attached to an aromatic ring is 1. The van der Waals surface area contributed by atoms with Gasteiger partial charge < -0.3 is 80.0 Å². The van der Waals surface area contributed by atoms with Crippen LogP contribution in [0.2, 0.25) is 0 Å². The number of carbonyl (C=O) groups is 11. The standard InChI is InChI=1S/C40H53N15O17S/c41-39(42)44-9-1-2-19(32(64)51-22(11-27(59)60)34(66)52-23(12-28(61)62)35(67)53-24(15-73)38(71)72)49-33(65)21(10-26(57)58)48-25(56)8-7-20(37(69)70)50-31(63)16-3-5-17(6-4-16)45-13-18-14-46-30-29(47-18)36(68)55-40(43)54-30/h3-6,14,19-24,39,44-45,73H,1-2,7-13,15,41-42H2,(H,48,56)(H,49,65)(H,50,63)(H,51,64)(H,52,66)(H,53,67)(H,57,58)(H,59,60)(H,61,62)(H,69,70)(H,71,72)(H3,43,46,54,55,68)/t19-,20+,21-,22-,23-,24-/m0/s1. The lowest BCUT2D eigenvalue weighted by Gasteiger charge is -2.26. The average Bonchev–Trinajstić information content (AvgIpc) is 3.30. The molecule has 2 aromatic heterocycles. The number of hydrogen-bond donors (Lipinski definition) is 18. The van der Waals surface area contributed by atoms with E-state index >= 15 is 0 Å². The molecule has 0 radical (unpaired) electrons. The lowest BCUT2D eigenvalue weighted by Crippen LogP contribution is -2.59. The van der Waals surface area contributed by atoms with Gasteiger partial charge in [-0.1, -0.05) is 0 Å². The van der Waals surface area contributed by atoms with Crippen LogP contribution in [0.15, 0.2) is 35.3 Å². The lowest BCUT2D eigenvalue weighted by atomic mass is 10.1. The number of benzene rings is 1. The zero-order valence-electron chi connectivity index (χ0n) is 38.2. The topological polar surface area (TPSA) is 535 Å². The minimum Gasteiger partial charge on any atom is -0.481 e. The number of carboxylic acid groups (broad SMARTS) is 5. The van der Waals surface area contributed by atoms with Gasteiger partial charge in [-0.15, -0.1) is 0 Å². The number of carboxylic acids is 5. The maximum Gasteiger partial charge on any atom is 0.327 e. The van der Waals surface area contributed by atoms with Crippen LogP contribution < -0.4 is 65.3 Å². The van der Waals surface area contributed by atoms with Crippen LogP contribution in [-0.4, -0.2) is 166 Å². The monoisotopic (exact) mass is 1050 g/mol. The number of anilines is 2. The van der Waals surface area contributed by atoms with E-state index in [-0.39, 0.29) is 48.6 Å². The van der Waals surface area contributed by atoms with Crippen molar-refractivity contribution in [1.29, 1.82) is 0 Å². The van der Waals surface area contributed by atoms with E-state index in [1.54, 1.807) is 0 Å². The van der Waals surface area contributed by atoms with Crippen molar-refractivity contribution < 1.29 is 78.3 Å². The number of rotatable bonds is 31. The Balaban J connectivity index is 1.70. The minimum atomic E-state index is -2.09. The molecule has 0 saturated carbocycles. The van der Waals surface area contributed by atoms with Gasteiger partial charge in [-0.3, -0.25) is 58.2 Å². The number of nitrogens with zero attached hydrogens (tertiary/aromatic N) is 3. The van der Waals surface area contributed by atoms with Crippen molar-refractivity contribution in [3.63, 3.8) is 0 Å². The van der Waals surface area contributed by atoms with Crippen molar-refractivity contribution in [1.82, 2.24) is 57.2 Å². The number of nitrogens with two attached hydrogens (primary N) is 3. The van der Waals surface area contributed by atoms with E-state index in [4.69, 9.17) is 17.2 Å². The molecule has 6 atom stereocenters. The third-order valence-corrected chi connectivity index (χ3v) is 10.3. The number of thiol groups is 1. The molecule has 20 N–H and O–H groups in total. The highest BCUT2D eigenvalue weighted by molar-refractivity contribution is 7.80. The molecule has 2 heterocycles. The van der Waals surface area contributed by atoms with E-state index in [1.165, 1.54) is 30.5 Å². The first kappa shape index (κ1) is 58.8. The van der Waals surface area contributed by atoms with E-state index < -0.39 is 151 Å². The Morgan fingerprint density at radius 2 is 1.15 bits per heavy atom. The van der Waals surface area contributed by atoms with Crippen molar-refractivity contribution in [2.24, 2.45) is 11.5 Å². The minimum absolute atomic E-state index is 0.000613. The van der Waals surface area contributed by atoms with Crippen molar-refractivity contribution in [3.05, 3.63) is 52.1 Å². The first-order valence-electron chi connectivity index (χ1n) is 21.5. The Hall–Kier alpha value is -8.56. The molecule has 0 unspecified atom stereocenters. The molecule has 73 heavy (non-hydrogen) atoms. The molecular formula is C40H53N15O17S. The second kappa shape index (κ2) is 28.3. The summed E-state index contributed by atoms with van der Waals surface area (Å²) in [6.45, 7) is 0.0828. The summed E-state index contributed by atoms with van der Waals surface area (Å²) in [5, 5.41) is 65.8. The summed E-state index contributed by atoms with van der Waals surface area (Å²) in [6, 6.07) is -5.45. The molecule has 0 spiro atoms. The van der Waals surface area contributed by atoms with Crippen LogP contribution in [0, 0.1) is 0 Å². The molecule has 33 heteroatoms.